The van der Waals surface area contributed by atoms with E-state index in [1.165, 1.54) is 0 Å². The Balaban J connectivity index is 2.13. The van der Waals surface area contributed by atoms with Crippen LogP contribution in [0.15, 0.2) is 30.6 Å². The second-order valence-corrected chi connectivity index (χ2v) is 3.39. The van der Waals surface area contributed by atoms with Gasteiger partial charge in [-0.05, 0) is 5.56 Å². The first-order valence-corrected chi connectivity index (χ1v) is 5.09. The maximum atomic E-state index is 5.28. The van der Waals surface area contributed by atoms with E-state index in [0.29, 0.717) is 23.9 Å². The molecule has 0 radical (unpaired) electrons. The molecule has 2 aromatic rings. The predicted octanol–water partition coefficient (Wildman–Crippen LogP) is 0.757. The van der Waals surface area contributed by atoms with Crippen molar-refractivity contribution < 1.29 is 4.74 Å². The molecule has 2 heterocycles. The van der Waals surface area contributed by atoms with Crippen molar-refractivity contribution in [2.75, 3.05) is 12.5 Å². The summed E-state index contributed by atoms with van der Waals surface area (Å²) in [5.74, 6) is 7.15. The predicted molar refractivity (Wildman–Crippen MR) is 63.4 cm³/mol. The number of pyridine rings is 1. The normalized spacial score (nSPS) is 10.0. The van der Waals surface area contributed by atoms with Gasteiger partial charge in [0, 0.05) is 30.9 Å². The molecule has 0 fully saturated rings. The van der Waals surface area contributed by atoms with Crippen LogP contribution in [-0.4, -0.2) is 22.1 Å². The van der Waals surface area contributed by atoms with Crippen molar-refractivity contribution in [3.05, 3.63) is 42.0 Å². The van der Waals surface area contributed by atoms with E-state index in [-0.39, 0.29) is 0 Å². The van der Waals surface area contributed by atoms with Crippen LogP contribution in [0.5, 0.6) is 5.88 Å². The number of nitrogens with one attached hydrogen (secondary N) is 1. The summed E-state index contributed by atoms with van der Waals surface area (Å²) in [5, 5.41) is 0. The standard InChI is InChI=1S/C11H13N5O/c1-17-11-3-2-8(7-14-11)6-10-13-5-4-9(15-10)16-12/h2-5,7H,6,12H2,1H3,(H,13,15,16). The number of nitrogens with zero attached hydrogens (tertiary/aromatic N) is 3. The van der Waals surface area contributed by atoms with Gasteiger partial charge in [-0.1, -0.05) is 6.07 Å². The van der Waals surface area contributed by atoms with Crippen LogP contribution >= 0.6 is 0 Å². The second-order valence-electron chi connectivity index (χ2n) is 3.39. The molecule has 0 atom stereocenters. The zero-order chi connectivity index (χ0) is 12.1. The molecule has 0 aromatic carbocycles. The molecule has 2 rings (SSSR count). The van der Waals surface area contributed by atoms with Crippen molar-refractivity contribution in [2.24, 2.45) is 5.84 Å². The molecule has 17 heavy (non-hydrogen) atoms. The zero-order valence-electron chi connectivity index (χ0n) is 9.42. The molecule has 0 aliphatic carbocycles. The van der Waals surface area contributed by atoms with Crippen LogP contribution in [0.1, 0.15) is 11.4 Å². The van der Waals surface area contributed by atoms with Crippen LogP contribution in [0.25, 0.3) is 0 Å². The number of ether oxygens (including phenoxy) is 1. The number of hydrazine groups is 1. The minimum atomic E-state index is 0.590. The Morgan fingerprint density at radius 2 is 2.18 bits per heavy atom. The summed E-state index contributed by atoms with van der Waals surface area (Å²) in [6.07, 6.45) is 4.01. The van der Waals surface area contributed by atoms with Gasteiger partial charge < -0.3 is 10.2 Å². The minimum Gasteiger partial charge on any atom is -0.481 e. The fourth-order valence-corrected chi connectivity index (χ4v) is 1.38. The number of hydrogen-bond donors (Lipinski definition) is 2. The highest BCUT2D eigenvalue weighted by molar-refractivity contribution is 5.31. The van der Waals surface area contributed by atoms with Gasteiger partial charge in [-0.25, -0.2) is 20.8 Å². The highest BCUT2D eigenvalue weighted by atomic mass is 16.5. The number of nitrogen functional groups attached to an aromatic ring is 1. The first kappa shape index (κ1) is 11.3. The van der Waals surface area contributed by atoms with E-state index in [1.807, 2.05) is 6.07 Å². The Labute approximate surface area is 98.9 Å². The molecule has 2 aromatic heterocycles. The summed E-state index contributed by atoms with van der Waals surface area (Å²) in [4.78, 5) is 12.5. The Morgan fingerprint density at radius 1 is 1.29 bits per heavy atom. The number of rotatable bonds is 4. The average molecular weight is 231 g/mol. The van der Waals surface area contributed by atoms with Gasteiger partial charge in [0.15, 0.2) is 0 Å². The van der Waals surface area contributed by atoms with Crippen LogP contribution in [-0.2, 0) is 6.42 Å². The van der Waals surface area contributed by atoms with Crippen molar-refractivity contribution in [3.63, 3.8) is 0 Å². The van der Waals surface area contributed by atoms with Gasteiger partial charge in [0.25, 0.3) is 0 Å². The molecular formula is C11H13N5O. The zero-order valence-corrected chi connectivity index (χ0v) is 9.42. The summed E-state index contributed by atoms with van der Waals surface area (Å²) in [6.45, 7) is 0. The van der Waals surface area contributed by atoms with Gasteiger partial charge >= 0.3 is 0 Å². The smallest absolute Gasteiger partial charge is 0.212 e. The first-order chi connectivity index (χ1) is 8.31. The van der Waals surface area contributed by atoms with E-state index < -0.39 is 0 Å². The molecule has 6 heteroatoms. The molecule has 0 saturated carbocycles. The quantitative estimate of drug-likeness (QED) is 0.596. The lowest BCUT2D eigenvalue weighted by Crippen LogP contribution is -2.10. The Morgan fingerprint density at radius 3 is 2.82 bits per heavy atom. The summed E-state index contributed by atoms with van der Waals surface area (Å²) < 4.78 is 4.99. The Bertz CT molecular complexity index is 485. The molecule has 0 amide bonds. The largest absolute Gasteiger partial charge is 0.481 e. The van der Waals surface area contributed by atoms with Gasteiger partial charge in [0.05, 0.1) is 7.11 Å². The number of hydrogen-bond acceptors (Lipinski definition) is 6. The molecule has 3 N–H and O–H groups in total. The molecule has 6 nitrogen and oxygen atoms in total. The SMILES string of the molecule is COc1ccc(Cc2nccc(NN)n2)cn1. The fourth-order valence-electron chi connectivity index (χ4n) is 1.38. The van der Waals surface area contributed by atoms with E-state index in [2.05, 4.69) is 20.4 Å². The third-order valence-corrected chi connectivity index (χ3v) is 2.22. The van der Waals surface area contributed by atoms with Crippen molar-refractivity contribution in [1.29, 1.82) is 0 Å². The van der Waals surface area contributed by atoms with Crippen molar-refractivity contribution in [1.82, 2.24) is 15.0 Å². The molecular weight excluding hydrogens is 218 g/mol. The molecule has 0 aliphatic rings. The van der Waals surface area contributed by atoms with Crippen LogP contribution in [0.4, 0.5) is 5.82 Å². The lowest BCUT2D eigenvalue weighted by molar-refractivity contribution is 0.397. The monoisotopic (exact) mass is 231 g/mol. The number of methoxy groups -OCH3 is 1. The van der Waals surface area contributed by atoms with E-state index in [9.17, 15) is 0 Å². The molecule has 0 unspecified atom stereocenters. The second kappa shape index (κ2) is 5.22. The Kier molecular flexibility index (Phi) is 3.46. The van der Waals surface area contributed by atoms with E-state index in [4.69, 9.17) is 10.6 Å². The topological polar surface area (TPSA) is 86.0 Å². The van der Waals surface area contributed by atoms with Crippen LogP contribution in [0.2, 0.25) is 0 Å². The van der Waals surface area contributed by atoms with Crippen molar-refractivity contribution >= 4 is 5.82 Å². The van der Waals surface area contributed by atoms with Gasteiger partial charge in [0.2, 0.25) is 5.88 Å². The fraction of sp³-hybridized carbons (Fsp3) is 0.182. The van der Waals surface area contributed by atoms with E-state index >= 15 is 0 Å². The highest BCUT2D eigenvalue weighted by Crippen LogP contribution is 2.10. The molecule has 0 spiro atoms. The maximum absolute atomic E-state index is 5.28. The maximum Gasteiger partial charge on any atom is 0.212 e. The Hall–Kier alpha value is -2.21. The minimum absolute atomic E-state index is 0.590. The van der Waals surface area contributed by atoms with Gasteiger partial charge in [-0.3, -0.25) is 0 Å². The summed E-state index contributed by atoms with van der Waals surface area (Å²) in [6, 6.07) is 5.44. The van der Waals surface area contributed by atoms with E-state index in [1.54, 1.807) is 31.6 Å². The van der Waals surface area contributed by atoms with Crippen LogP contribution < -0.4 is 16.0 Å². The van der Waals surface area contributed by atoms with E-state index in [0.717, 1.165) is 5.56 Å². The van der Waals surface area contributed by atoms with Gasteiger partial charge in [-0.2, -0.15) is 0 Å². The highest BCUT2D eigenvalue weighted by Gasteiger charge is 2.01. The summed E-state index contributed by atoms with van der Waals surface area (Å²) >= 11 is 0. The molecule has 88 valence electrons. The number of nitrogens with two attached hydrogens (primary N) is 1. The summed E-state index contributed by atoms with van der Waals surface area (Å²) in [5.41, 5.74) is 3.50. The van der Waals surface area contributed by atoms with Gasteiger partial charge in [-0.15, -0.1) is 0 Å². The van der Waals surface area contributed by atoms with Crippen LogP contribution in [0.3, 0.4) is 0 Å². The third kappa shape index (κ3) is 2.88. The van der Waals surface area contributed by atoms with Crippen molar-refractivity contribution in [3.8, 4) is 5.88 Å². The lowest BCUT2D eigenvalue weighted by atomic mass is 10.2. The third-order valence-electron chi connectivity index (χ3n) is 2.22. The molecule has 0 bridgehead atoms. The molecule has 0 saturated heterocycles. The first-order valence-electron chi connectivity index (χ1n) is 5.09. The average Bonchev–Trinajstić information content (AvgIpc) is 2.40. The summed E-state index contributed by atoms with van der Waals surface area (Å²) in [7, 11) is 1.58. The molecule has 0 aliphatic heterocycles. The van der Waals surface area contributed by atoms with Crippen LogP contribution in [0, 0.1) is 0 Å². The lowest BCUT2D eigenvalue weighted by Gasteiger charge is -2.03. The van der Waals surface area contributed by atoms with Crippen molar-refractivity contribution in [2.45, 2.75) is 6.42 Å². The number of anilines is 1. The number of aromatic nitrogens is 3. The van der Waals surface area contributed by atoms with Gasteiger partial charge in [0.1, 0.15) is 11.6 Å².